The van der Waals surface area contributed by atoms with Crippen molar-refractivity contribution in [3.63, 3.8) is 0 Å². The van der Waals surface area contributed by atoms with Crippen molar-refractivity contribution < 1.29 is 42.5 Å². The molecule has 0 bridgehead atoms. The Hall–Kier alpha value is -0.390. The van der Waals surface area contributed by atoms with Crippen molar-refractivity contribution >= 4 is 20.9 Å². The molecule has 0 aliphatic carbocycles. The number of rotatable bonds is 5. The molecule has 2 rings (SSSR count). The average molecular weight is 300 g/mol. The first-order valence-electron chi connectivity index (χ1n) is 6.50. The molecule has 0 aliphatic heterocycles. The van der Waals surface area contributed by atoms with E-state index in [0.717, 1.165) is 42.0 Å². The molecule has 2 aromatic rings. The molecule has 0 heterocycles. The van der Waals surface area contributed by atoms with E-state index in [1.807, 2.05) is 18.2 Å². The smallest absolute Gasteiger partial charge is 0.744 e. The molecule has 0 spiro atoms. The van der Waals surface area contributed by atoms with E-state index in [1.165, 1.54) is 12.1 Å². The van der Waals surface area contributed by atoms with Crippen LogP contribution >= 0.6 is 0 Å². The van der Waals surface area contributed by atoms with Gasteiger partial charge in [0.2, 0.25) is 0 Å². The maximum Gasteiger partial charge on any atom is 1.00 e. The van der Waals surface area contributed by atoms with E-state index in [4.69, 9.17) is 0 Å². The first kappa shape index (κ1) is 17.7. The Morgan fingerprint density at radius 2 is 1.85 bits per heavy atom. The topological polar surface area (TPSA) is 57.2 Å². The van der Waals surface area contributed by atoms with Crippen LogP contribution in [-0.4, -0.2) is 13.0 Å². The monoisotopic (exact) mass is 300 g/mol. The van der Waals surface area contributed by atoms with Crippen LogP contribution in [-0.2, 0) is 16.5 Å². The Labute approximate surface area is 142 Å². The summed E-state index contributed by atoms with van der Waals surface area (Å²) in [5.41, 5.74) is 1.11. The van der Waals surface area contributed by atoms with Gasteiger partial charge in [-0.1, -0.05) is 44.0 Å². The predicted molar refractivity (Wildman–Crippen MR) is 75.1 cm³/mol. The molecule has 0 saturated heterocycles. The third-order valence-electron chi connectivity index (χ3n) is 3.28. The van der Waals surface area contributed by atoms with Gasteiger partial charge in [-0.2, -0.15) is 0 Å². The Balaban J connectivity index is 0.00000200. The van der Waals surface area contributed by atoms with E-state index in [0.29, 0.717) is 0 Å². The van der Waals surface area contributed by atoms with Crippen LogP contribution in [0, 0.1) is 0 Å². The molecule has 0 amide bonds. The average Bonchev–Trinajstić information content (AvgIpc) is 2.37. The maximum atomic E-state index is 11.1. The summed E-state index contributed by atoms with van der Waals surface area (Å²) < 4.78 is 33.3. The summed E-state index contributed by atoms with van der Waals surface area (Å²) >= 11 is 0. The van der Waals surface area contributed by atoms with Gasteiger partial charge < -0.3 is 4.55 Å². The molecule has 102 valence electrons. The minimum absolute atomic E-state index is 0. The van der Waals surface area contributed by atoms with Crippen LogP contribution in [0.4, 0.5) is 0 Å². The second-order valence-electron chi connectivity index (χ2n) is 4.71. The number of hydrogen-bond acceptors (Lipinski definition) is 3. The normalized spacial score (nSPS) is 11.3. The summed E-state index contributed by atoms with van der Waals surface area (Å²) in [6.07, 6.45) is 4.28. The zero-order valence-corrected chi connectivity index (χ0v) is 14.7. The molecule has 5 heteroatoms. The van der Waals surface area contributed by atoms with E-state index < -0.39 is 10.1 Å². The molecule has 0 aromatic heterocycles. The van der Waals surface area contributed by atoms with Crippen LogP contribution < -0.4 is 29.6 Å². The number of benzene rings is 2. The largest absolute Gasteiger partial charge is 1.00 e. The Morgan fingerprint density at radius 1 is 1.10 bits per heavy atom. The van der Waals surface area contributed by atoms with Crippen LogP contribution in [0.25, 0.3) is 10.8 Å². The first-order valence-corrected chi connectivity index (χ1v) is 7.91. The maximum absolute atomic E-state index is 11.1. The van der Waals surface area contributed by atoms with E-state index >= 15 is 0 Å². The summed E-state index contributed by atoms with van der Waals surface area (Å²) in [5.74, 6) is 0. The van der Waals surface area contributed by atoms with Crippen LogP contribution in [0.3, 0.4) is 0 Å². The molecule has 20 heavy (non-hydrogen) atoms. The van der Waals surface area contributed by atoms with E-state index in [1.54, 1.807) is 6.07 Å². The van der Waals surface area contributed by atoms with Gasteiger partial charge in [0, 0.05) is 0 Å². The van der Waals surface area contributed by atoms with Crippen molar-refractivity contribution in [2.75, 3.05) is 0 Å². The molecule has 0 aliphatic rings. The molecule has 0 N–H and O–H groups in total. The van der Waals surface area contributed by atoms with Gasteiger partial charge in [-0.3, -0.25) is 0 Å². The summed E-state index contributed by atoms with van der Waals surface area (Å²) in [4.78, 5) is -0.150. The minimum atomic E-state index is -4.39. The second kappa shape index (κ2) is 7.57. The van der Waals surface area contributed by atoms with Crippen molar-refractivity contribution in [3.8, 4) is 0 Å². The van der Waals surface area contributed by atoms with Crippen LogP contribution in [0.15, 0.2) is 41.3 Å². The number of aryl methyl sites for hydroxylation is 1. The fourth-order valence-electron chi connectivity index (χ4n) is 2.26. The zero-order chi connectivity index (χ0) is 13.9. The quantitative estimate of drug-likeness (QED) is 0.458. The minimum Gasteiger partial charge on any atom is -0.744 e. The van der Waals surface area contributed by atoms with Crippen LogP contribution in [0.2, 0.25) is 0 Å². The summed E-state index contributed by atoms with van der Waals surface area (Å²) in [7, 11) is -4.39. The predicted octanol–water partition coefficient (Wildman–Crippen LogP) is 0.481. The van der Waals surface area contributed by atoms with Gasteiger partial charge in [0.15, 0.2) is 0 Å². The number of hydrogen-bond donors (Lipinski definition) is 0. The van der Waals surface area contributed by atoms with Gasteiger partial charge in [0.05, 0.1) is 4.90 Å². The van der Waals surface area contributed by atoms with Gasteiger partial charge in [0.1, 0.15) is 10.1 Å². The SMILES string of the molecule is CCCCCc1cccc2ccc(S(=O)(=O)[O-])cc12.[Na+]. The van der Waals surface area contributed by atoms with E-state index in [9.17, 15) is 13.0 Å². The summed E-state index contributed by atoms with van der Waals surface area (Å²) in [5, 5.41) is 1.84. The molecule has 0 radical (unpaired) electrons. The Morgan fingerprint density at radius 3 is 2.50 bits per heavy atom. The second-order valence-corrected chi connectivity index (χ2v) is 6.09. The Kier molecular flexibility index (Phi) is 6.69. The van der Waals surface area contributed by atoms with E-state index in [2.05, 4.69) is 6.92 Å². The molecule has 3 nitrogen and oxygen atoms in total. The van der Waals surface area contributed by atoms with Crippen molar-refractivity contribution in [1.29, 1.82) is 0 Å². The molecule has 0 saturated carbocycles. The Bertz CT molecular complexity index is 681. The van der Waals surface area contributed by atoms with Gasteiger partial charge in [0.25, 0.3) is 0 Å². The first-order chi connectivity index (χ1) is 9.02. The zero-order valence-electron chi connectivity index (χ0n) is 11.9. The number of fused-ring (bicyclic) bond motifs is 1. The van der Waals surface area contributed by atoms with E-state index in [-0.39, 0.29) is 34.5 Å². The molecule has 0 fully saturated rings. The molecule has 0 unspecified atom stereocenters. The fourth-order valence-corrected chi connectivity index (χ4v) is 2.75. The third-order valence-corrected chi connectivity index (χ3v) is 4.11. The van der Waals surface area contributed by atoms with Crippen molar-refractivity contribution in [1.82, 2.24) is 0 Å². The van der Waals surface area contributed by atoms with Gasteiger partial charge in [-0.05, 0) is 41.3 Å². The summed E-state index contributed by atoms with van der Waals surface area (Å²) in [6.45, 7) is 2.14. The summed E-state index contributed by atoms with van der Waals surface area (Å²) in [6, 6.07) is 10.5. The van der Waals surface area contributed by atoms with Crippen molar-refractivity contribution in [3.05, 3.63) is 42.0 Å². The van der Waals surface area contributed by atoms with Gasteiger partial charge >= 0.3 is 29.6 Å². The fraction of sp³-hybridized carbons (Fsp3) is 0.333. The molecule has 0 atom stereocenters. The number of unbranched alkanes of at least 4 members (excludes halogenated alkanes) is 2. The van der Waals surface area contributed by atoms with Crippen LogP contribution in [0.1, 0.15) is 31.7 Å². The molecule has 2 aromatic carbocycles. The third kappa shape index (κ3) is 4.30. The van der Waals surface area contributed by atoms with Crippen molar-refractivity contribution in [2.24, 2.45) is 0 Å². The molecular weight excluding hydrogens is 283 g/mol. The van der Waals surface area contributed by atoms with Gasteiger partial charge in [-0.25, -0.2) is 8.42 Å². The standard InChI is InChI=1S/C15H18O3S.Na/c1-2-3-4-6-12-7-5-8-13-9-10-14(11-15(12)13)19(16,17)18;/h5,7-11H,2-4,6H2,1H3,(H,16,17,18);/q;+1/p-1. The van der Waals surface area contributed by atoms with Crippen molar-refractivity contribution in [2.45, 2.75) is 37.5 Å². The van der Waals surface area contributed by atoms with Gasteiger partial charge in [-0.15, -0.1) is 0 Å². The van der Waals surface area contributed by atoms with Crippen LogP contribution in [0.5, 0.6) is 0 Å². The molecular formula is C15H17NaO3S.